The molecule has 0 saturated carbocycles. The van der Waals surface area contributed by atoms with Crippen molar-refractivity contribution in [3.63, 3.8) is 0 Å². The highest BCUT2D eigenvalue weighted by molar-refractivity contribution is 5.57. The minimum Gasteiger partial charge on any atom is -0.394 e. The van der Waals surface area contributed by atoms with Crippen LogP contribution in [0.5, 0.6) is 0 Å². The second kappa shape index (κ2) is 5.08. The summed E-state index contributed by atoms with van der Waals surface area (Å²) in [6, 6.07) is 0. The zero-order chi connectivity index (χ0) is 14.2. The monoisotopic (exact) mass is 271 g/mol. The Labute approximate surface area is 107 Å². The quantitative estimate of drug-likeness (QED) is 0.654. The third-order valence-corrected chi connectivity index (χ3v) is 2.98. The number of nitrogens with zero attached hydrogens (tertiary/aromatic N) is 2. The standard InChI is InChI=1S/C11H14FN3O4/c1-2-5-3-15(11(18)14-9(5)13)10-7(12)8(17)6(4-16)19-10/h2-3,6-8,10,16-17H,1,4H2,(H2,13,14,18)/t6-,7-,8-,10-/m1/s1. The van der Waals surface area contributed by atoms with E-state index in [1.165, 1.54) is 12.3 Å². The second-order valence-electron chi connectivity index (χ2n) is 4.16. The SMILES string of the molecule is C=Cc1cn([C@@H]2O[C@H](CO)[C@@H](O)[C@H]2F)c(=O)nc1N. The molecule has 1 aromatic rings. The molecule has 8 heteroatoms. The number of rotatable bonds is 3. The highest BCUT2D eigenvalue weighted by Crippen LogP contribution is 2.31. The number of aliphatic hydroxyl groups is 2. The van der Waals surface area contributed by atoms with Crippen LogP contribution in [0.2, 0.25) is 0 Å². The normalized spacial score (nSPS) is 30.5. The molecule has 0 spiro atoms. The lowest BCUT2D eigenvalue weighted by Gasteiger charge is -2.16. The summed E-state index contributed by atoms with van der Waals surface area (Å²) in [5.74, 6) is -0.0242. The third-order valence-electron chi connectivity index (χ3n) is 2.98. The van der Waals surface area contributed by atoms with Gasteiger partial charge in [0.1, 0.15) is 18.0 Å². The summed E-state index contributed by atoms with van der Waals surface area (Å²) in [6.45, 7) is 2.94. The smallest absolute Gasteiger partial charge is 0.351 e. The van der Waals surface area contributed by atoms with Gasteiger partial charge in [-0.2, -0.15) is 4.98 Å². The molecular formula is C11H14FN3O4. The van der Waals surface area contributed by atoms with Crippen LogP contribution < -0.4 is 11.4 Å². The van der Waals surface area contributed by atoms with Crippen LogP contribution in [-0.2, 0) is 4.74 Å². The zero-order valence-electron chi connectivity index (χ0n) is 9.94. The predicted octanol–water partition coefficient (Wildman–Crippen LogP) is -0.943. The van der Waals surface area contributed by atoms with Crippen LogP contribution in [-0.4, -0.2) is 44.8 Å². The average molecular weight is 271 g/mol. The number of anilines is 1. The number of nitrogen functional groups attached to an aromatic ring is 1. The Morgan fingerprint density at radius 1 is 1.68 bits per heavy atom. The van der Waals surface area contributed by atoms with Crippen LogP contribution >= 0.6 is 0 Å². The van der Waals surface area contributed by atoms with Gasteiger partial charge in [0.15, 0.2) is 12.4 Å². The molecule has 0 amide bonds. The molecule has 0 unspecified atom stereocenters. The van der Waals surface area contributed by atoms with Crippen LogP contribution in [0.1, 0.15) is 11.8 Å². The van der Waals surface area contributed by atoms with Gasteiger partial charge in [-0.15, -0.1) is 0 Å². The number of hydrogen-bond acceptors (Lipinski definition) is 6. The molecular weight excluding hydrogens is 257 g/mol. The number of aromatic nitrogens is 2. The summed E-state index contributed by atoms with van der Waals surface area (Å²) in [6.07, 6.45) is -3.19. The van der Waals surface area contributed by atoms with E-state index in [4.69, 9.17) is 15.6 Å². The Morgan fingerprint density at radius 3 is 2.89 bits per heavy atom. The molecule has 1 fully saturated rings. The maximum absolute atomic E-state index is 13.9. The number of aliphatic hydroxyl groups excluding tert-OH is 2. The summed E-state index contributed by atoms with van der Waals surface area (Å²) in [4.78, 5) is 15.2. The third kappa shape index (κ3) is 2.25. The summed E-state index contributed by atoms with van der Waals surface area (Å²) in [7, 11) is 0. The molecule has 4 atom stereocenters. The van der Waals surface area contributed by atoms with Crippen molar-refractivity contribution in [2.45, 2.75) is 24.6 Å². The van der Waals surface area contributed by atoms with Gasteiger partial charge in [0, 0.05) is 11.8 Å². The number of nitrogens with two attached hydrogens (primary N) is 1. The summed E-state index contributed by atoms with van der Waals surface area (Å²) in [5, 5.41) is 18.5. The Morgan fingerprint density at radius 2 is 2.37 bits per heavy atom. The fourth-order valence-electron chi connectivity index (χ4n) is 1.91. The van der Waals surface area contributed by atoms with Gasteiger partial charge in [0.2, 0.25) is 0 Å². The van der Waals surface area contributed by atoms with E-state index >= 15 is 0 Å². The summed E-state index contributed by atoms with van der Waals surface area (Å²) in [5.41, 5.74) is 5.04. The molecule has 0 aromatic carbocycles. The maximum atomic E-state index is 13.9. The first-order chi connectivity index (χ1) is 8.99. The number of alkyl halides is 1. The fraction of sp³-hybridized carbons (Fsp3) is 0.455. The molecule has 2 rings (SSSR count). The van der Waals surface area contributed by atoms with Crippen molar-refractivity contribution in [2.75, 3.05) is 12.3 Å². The zero-order valence-corrected chi connectivity index (χ0v) is 9.94. The highest BCUT2D eigenvalue weighted by atomic mass is 19.1. The molecule has 4 N–H and O–H groups in total. The van der Waals surface area contributed by atoms with Gasteiger partial charge in [-0.05, 0) is 0 Å². The van der Waals surface area contributed by atoms with Gasteiger partial charge >= 0.3 is 5.69 Å². The van der Waals surface area contributed by atoms with Gasteiger partial charge in [-0.1, -0.05) is 12.7 Å². The van der Waals surface area contributed by atoms with E-state index in [1.807, 2.05) is 0 Å². The maximum Gasteiger partial charge on any atom is 0.351 e. The van der Waals surface area contributed by atoms with Gasteiger partial charge in [-0.3, -0.25) is 4.57 Å². The molecule has 1 aromatic heterocycles. The van der Waals surface area contributed by atoms with E-state index in [9.17, 15) is 14.3 Å². The van der Waals surface area contributed by atoms with E-state index in [0.717, 1.165) is 4.57 Å². The van der Waals surface area contributed by atoms with Crippen molar-refractivity contribution in [3.8, 4) is 0 Å². The first-order valence-corrected chi connectivity index (χ1v) is 5.59. The molecule has 1 aliphatic rings. The fourth-order valence-corrected chi connectivity index (χ4v) is 1.91. The highest BCUT2D eigenvalue weighted by Gasteiger charge is 2.45. The molecule has 7 nitrogen and oxygen atoms in total. The van der Waals surface area contributed by atoms with Gasteiger partial charge in [0.25, 0.3) is 0 Å². The topological polar surface area (TPSA) is 111 Å². The first kappa shape index (κ1) is 13.7. The van der Waals surface area contributed by atoms with Gasteiger partial charge < -0.3 is 20.7 Å². The van der Waals surface area contributed by atoms with Gasteiger partial charge in [-0.25, -0.2) is 9.18 Å². The van der Waals surface area contributed by atoms with Crippen molar-refractivity contribution in [2.24, 2.45) is 0 Å². The molecule has 0 aliphatic carbocycles. The molecule has 1 saturated heterocycles. The van der Waals surface area contributed by atoms with Crippen LogP contribution in [0, 0.1) is 0 Å². The van der Waals surface area contributed by atoms with Crippen molar-refractivity contribution in [1.82, 2.24) is 9.55 Å². The number of hydrogen-bond donors (Lipinski definition) is 3. The van der Waals surface area contributed by atoms with Gasteiger partial charge in [0.05, 0.1) is 6.61 Å². The van der Waals surface area contributed by atoms with Crippen LogP contribution in [0.25, 0.3) is 6.08 Å². The molecule has 0 radical (unpaired) electrons. The number of ether oxygens (including phenoxy) is 1. The molecule has 2 heterocycles. The minimum absolute atomic E-state index is 0.0242. The molecule has 0 bridgehead atoms. The van der Waals surface area contributed by atoms with E-state index in [0.29, 0.717) is 5.56 Å². The lowest BCUT2D eigenvalue weighted by atomic mass is 10.1. The van der Waals surface area contributed by atoms with Crippen LogP contribution in [0.3, 0.4) is 0 Å². The molecule has 104 valence electrons. The van der Waals surface area contributed by atoms with Crippen molar-refractivity contribution in [1.29, 1.82) is 0 Å². The number of halogens is 1. The largest absolute Gasteiger partial charge is 0.394 e. The summed E-state index contributed by atoms with van der Waals surface area (Å²) < 4.78 is 19.9. The van der Waals surface area contributed by atoms with E-state index in [-0.39, 0.29) is 5.82 Å². The second-order valence-corrected chi connectivity index (χ2v) is 4.16. The van der Waals surface area contributed by atoms with E-state index in [1.54, 1.807) is 0 Å². The first-order valence-electron chi connectivity index (χ1n) is 5.59. The van der Waals surface area contributed by atoms with E-state index in [2.05, 4.69) is 11.6 Å². The Bertz CT molecular complexity index is 547. The van der Waals surface area contributed by atoms with Crippen LogP contribution in [0.15, 0.2) is 17.6 Å². The van der Waals surface area contributed by atoms with Crippen molar-refractivity contribution >= 4 is 11.9 Å². The molecule has 19 heavy (non-hydrogen) atoms. The predicted molar refractivity (Wildman–Crippen MR) is 64.9 cm³/mol. The lowest BCUT2D eigenvalue weighted by molar-refractivity contribution is -0.0491. The average Bonchev–Trinajstić information content (AvgIpc) is 2.67. The van der Waals surface area contributed by atoms with Crippen molar-refractivity contribution in [3.05, 3.63) is 28.8 Å². The lowest BCUT2D eigenvalue weighted by Crippen LogP contribution is -2.34. The Balaban J connectivity index is 2.43. The minimum atomic E-state index is -1.85. The Hall–Kier alpha value is -1.77. The Kier molecular flexibility index (Phi) is 3.65. The van der Waals surface area contributed by atoms with E-state index < -0.39 is 36.9 Å². The molecule has 1 aliphatic heterocycles. The summed E-state index contributed by atoms with van der Waals surface area (Å²) >= 11 is 0. The van der Waals surface area contributed by atoms with Crippen LogP contribution in [0.4, 0.5) is 10.2 Å². The van der Waals surface area contributed by atoms with Crippen molar-refractivity contribution < 1.29 is 19.3 Å².